The number of aliphatic carboxylic acids is 1. The molecule has 114 valence electrons. The van der Waals surface area contributed by atoms with E-state index in [0.717, 1.165) is 28.1 Å². The third-order valence-electron chi connectivity index (χ3n) is 3.60. The molecule has 0 aromatic carbocycles. The minimum atomic E-state index is -0.860. The van der Waals surface area contributed by atoms with Crippen molar-refractivity contribution in [1.82, 2.24) is 14.5 Å². The van der Waals surface area contributed by atoms with Gasteiger partial charge in [0.25, 0.3) is 0 Å². The first-order valence-electron chi connectivity index (χ1n) is 6.75. The lowest BCUT2D eigenvalue weighted by molar-refractivity contribution is -0.133. The average Bonchev–Trinajstić information content (AvgIpc) is 3.09. The zero-order chi connectivity index (χ0) is 15.7. The van der Waals surface area contributed by atoms with Crippen LogP contribution in [0.1, 0.15) is 17.0 Å². The summed E-state index contributed by atoms with van der Waals surface area (Å²) >= 11 is 1.21. The molecule has 3 heterocycles. The van der Waals surface area contributed by atoms with Gasteiger partial charge in [0.2, 0.25) is 0 Å². The molecule has 22 heavy (non-hydrogen) atoms. The summed E-state index contributed by atoms with van der Waals surface area (Å²) in [4.78, 5) is 19.4. The summed E-state index contributed by atoms with van der Waals surface area (Å²) in [6.07, 6.45) is 3.12. The van der Waals surface area contributed by atoms with Crippen molar-refractivity contribution in [3.05, 3.63) is 41.7 Å². The molecule has 0 unspecified atom stereocenters. The molecule has 0 bridgehead atoms. The molecule has 3 aromatic heterocycles. The third-order valence-corrected chi connectivity index (χ3v) is 4.57. The van der Waals surface area contributed by atoms with Gasteiger partial charge in [-0.15, -0.1) is 0 Å². The van der Waals surface area contributed by atoms with Gasteiger partial charge in [-0.3, -0.25) is 4.79 Å². The molecule has 3 aromatic rings. The van der Waals surface area contributed by atoms with E-state index in [2.05, 4.69) is 14.5 Å². The number of thioether (sulfide) groups is 1. The summed E-state index contributed by atoms with van der Waals surface area (Å²) in [6.45, 7) is 4.61. The molecule has 6 nitrogen and oxygen atoms in total. The second-order valence-electron chi connectivity index (χ2n) is 4.94. The Hall–Kier alpha value is -2.28. The van der Waals surface area contributed by atoms with Gasteiger partial charge in [0.15, 0.2) is 0 Å². The molecule has 7 heteroatoms. The van der Waals surface area contributed by atoms with Crippen molar-refractivity contribution < 1.29 is 14.3 Å². The summed E-state index contributed by atoms with van der Waals surface area (Å²) in [6, 6.07) is 3.77. The van der Waals surface area contributed by atoms with Crippen molar-refractivity contribution in [1.29, 1.82) is 0 Å². The van der Waals surface area contributed by atoms with Gasteiger partial charge in [0, 0.05) is 5.69 Å². The van der Waals surface area contributed by atoms with Gasteiger partial charge >= 0.3 is 5.97 Å². The molecule has 3 rings (SSSR count). The normalized spacial score (nSPS) is 11.2. The second-order valence-corrected chi connectivity index (χ2v) is 5.90. The Morgan fingerprint density at radius 3 is 2.91 bits per heavy atom. The highest BCUT2D eigenvalue weighted by atomic mass is 32.2. The summed E-state index contributed by atoms with van der Waals surface area (Å²) < 4.78 is 7.48. The topological polar surface area (TPSA) is 81.2 Å². The molecule has 0 spiro atoms. The van der Waals surface area contributed by atoms with E-state index in [-0.39, 0.29) is 5.75 Å². The fourth-order valence-corrected chi connectivity index (χ4v) is 3.20. The minimum absolute atomic E-state index is 0.0199. The molecule has 0 saturated heterocycles. The van der Waals surface area contributed by atoms with Crippen LogP contribution in [-0.2, 0) is 11.3 Å². The van der Waals surface area contributed by atoms with Gasteiger partial charge in [0.1, 0.15) is 22.8 Å². The monoisotopic (exact) mass is 317 g/mol. The Morgan fingerprint density at radius 1 is 1.41 bits per heavy atom. The largest absolute Gasteiger partial charge is 0.481 e. The highest BCUT2D eigenvalue weighted by molar-refractivity contribution is 8.00. The number of fused-ring (bicyclic) bond motifs is 1. The molecule has 0 fully saturated rings. The Labute approximate surface area is 131 Å². The van der Waals surface area contributed by atoms with E-state index >= 15 is 0 Å². The van der Waals surface area contributed by atoms with Crippen LogP contribution in [0.2, 0.25) is 0 Å². The molecule has 0 atom stereocenters. The van der Waals surface area contributed by atoms with Gasteiger partial charge in [0.05, 0.1) is 23.9 Å². The van der Waals surface area contributed by atoms with Crippen molar-refractivity contribution in [2.45, 2.75) is 25.4 Å². The minimum Gasteiger partial charge on any atom is -0.481 e. The summed E-state index contributed by atoms with van der Waals surface area (Å²) in [7, 11) is 0. The van der Waals surface area contributed by atoms with Gasteiger partial charge in [-0.2, -0.15) is 0 Å². The lowest BCUT2D eigenvalue weighted by Gasteiger charge is -2.05. The summed E-state index contributed by atoms with van der Waals surface area (Å²) in [5.74, 6) is -0.0342. The van der Waals surface area contributed by atoms with Crippen LogP contribution < -0.4 is 0 Å². The van der Waals surface area contributed by atoms with Crippen LogP contribution in [0.5, 0.6) is 0 Å². The number of rotatable bonds is 5. The van der Waals surface area contributed by atoms with Crippen LogP contribution in [0.25, 0.3) is 11.0 Å². The maximum atomic E-state index is 10.8. The lowest BCUT2D eigenvalue weighted by Crippen LogP contribution is -2.02. The number of nitrogens with zero attached hydrogens (tertiary/aromatic N) is 3. The van der Waals surface area contributed by atoms with Crippen molar-refractivity contribution in [2.75, 3.05) is 5.75 Å². The Balaban J connectivity index is 2.08. The third kappa shape index (κ3) is 2.59. The van der Waals surface area contributed by atoms with E-state index < -0.39 is 5.97 Å². The van der Waals surface area contributed by atoms with Gasteiger partial charge in [-0.05, 0) is 31.5 Å². The highest BCUT2D eigenvalue weighted by Crippen LogP contribution is 2.31. The quantitative estimate of drug-likeness (QED) is 0.575. The van der Waals surface area contributed by atoms with Crippen molar-refractivity contribution >= 4 is 28.8 Å². The summed E-state index contributed by atoms with van der Waals surface area (Å²) in [5, 5.41) is 10.5. The van der Waals surface area contributed by atoms with E-state index in [9.17, 15) is 4.79 Å². The predicted molar refractivity (Wildman–Crippen MR) is 83.2 cm³/mol. The zero-order valence-corrected chi connectivity index (χ0v) is 13.1. The number of furan rings is 1. The Morgan fingerprint density at radius 2 is 2.23 bits per heavy atom. The number of carboxylic acid groups (broad SMARTS) is 1. The first-order valence-corrected chi connectivity index (χ1v) is 7.74. The molecule has 0 radical (unpaired) electrons. The molecule has 0 aliphatic rings. The lowest BCUT2D eigenvalue weighted by atomic mass is 10.2. The van der Waals surface area contributed by atoms with Crippen molar-refractivity contribution in [2.24, 2.45) is 0 Å². The number of aryl methyl sites for hydroxylation is 1. The van der Waals surface area contributed by atoms with E-state index in [1.807, 2.05) is 26.0 Å². The number of hydrogen-bond donors (Lipinski definition) is 1. The smallest absolute Gasteiger partial charge is 0.313 e. The van der Waals surface area contributed by atoms with E-state index in [1.54, 1.807) is 6.26 Å². The summed E-state index contributed by atoms with van der Waals surface area (Å²) in [5.41, 5.74) is 2.94. The zero-order valence-electron chi connectivity index (χ0n) is 12.2. The average molecular weight is 317 g/mol. The fraction of sp³-hybridized carbons (Fsp3) is 0.267. The SMILES string of the molecule is Cc1c(C)n(Cc2ccco2)c2ncnc(SCC(=O)O)c12. The highest BCUT2D eigenvalue weighted by Gasteiger charge is 2.18. The molecule has 0 saturated carbocycles. The molecule has 0 aliphatic carbocycles. The predicted octanol–water partition coefficient (Wildman–Crippen LogP) is 2.87. The van der Waals surface area contributed by atoms with Crippen LogP contribution >= 0.6 is 11.8 Å². The molecular formula is C15H15N3O3S. The van der Waals surface area contributed by atoms with Crippen LogP contribution in [-0.4, -0.2) is 31.4 Å². The fourth-order valence-electron chi connectivity index (χ4n) is 2.43. The number of carbonyl (C=O) groups is 1. The number of hydrogen-bond acceptors (Lipinski definition) is 5. The van der Waals surface area contributed by atoms with Gasteiger partial charge < -0.3 is 14.1 Å². The maximum absolute atomic E-state index is 10.8. The first kappa shape index (κ1) is 14.6. The standard InChI is InChI=1S/C15H15N3O3S/c1-9-10(2)18(6-11-4-3-5-21-11)14-13(9)15(17-8-16-14)22-7-12(19)20/h3-5,8H,6-7H2,1-2H3,(H,19,20). The van der Waals surface area contributed by atoms with Crippen molar-refractivity contribution in [3.63, 3.8) is 0 Å². The van der Waals surface area contributed by atoms with Crippen LogP contribution in [0.4, 0.5) is 0 Å². The van der Waals surface area contributed by atoms with Crippen LogP contribution in [0.3, 0.4) is 0 Å². The molecule has 1 N–H and O–H groups in total. The van der Waals surface area contributed by atoms with Gasteiger partial charge in [-0.25, -0.2) is 9.97 Å². The first-order chi connectivity index (χ1) is 10.6. The van der Waals surface area contributed by atoms with Crippen molar-refractivity contribution in [3.8, 4) is 0 Å². The Bertz CT molecular complexity index is 824. The van der Waals surface area contributed by atoms with E-state index in [1.165, 1.54) is 18.1 Å². The van der Waals surface area contributed by atoms with Gasteiger partial charge in [-0.1, -0.05) is 11.8 Å². The van der Waals surface area contributed by atoms with Crippen LogP contribution in [0.15, 0.2) is 34.2 Å². The molecule has 0 amide bonds. The van der Waals surface area contributed by atoms with Crippen LogP contribution in [0, 0.1) is 13.8 Å². The molecule has 0 aliphatic heterocycles. The second kappa shape index (κ2) is 5.84. The number of carboxylic acids is 1. The Kier molecular flexibility index (Phi) is 3.89. The molecular weight excluding hydrogens is 302 g/mol. The maximum Gasteiger partial charge on any atom is 0.313 e. The number of aromatic nitrogens is 3. The van der Waals surface area contributed by atoms with E-state index in [0.29, 0.717) is 11.6 Å². The van der Waals surface area contributed by atoms with E-state index in [4.69, 9.17) is 9.52 Å².